The monoisotopic (exact) mass is 347 g/mol. The lowest BCUT2D eigenvalue weighted by atomic mass is 10.1. The predicted octanol–water partition coefficient (Wildman–Crippen LogP) is 3.84. The Balaban J connectivity index is 2.03. The Morgan fingerprint density at radius 3 is 2.57 bits per heavy atom. The Labute approximate surface area is 142 Å². The topological polar surface area (TPSA) is 37.4 Å². The summed E-state index contributed by atoms with van der Waals surface area (Å²) < 4.78 is 25.5. The van der Waals surface area contributed by atoms with Gasteiger partial charge in [-0.2, -0.15) is 0 Å². The first kappa shape index (κ1) is 18.2. The molecule has 0 bridgehead atoms. The van der Waals surface area contributed by atoms with Crippen LogP contribution in [0.4, 0.5) is 0 Å². The number of rotatable bonds is 9. The van der Waals surface area contributed by atoms with Gasteiger partial charge in [0.25, 0.3) is 0 Å². The quantitative estimate of drug-likeness (QED) is 0.511. The molecule has 0 aromatic heterocycles. The molecule has 3 nitrogen and oxygen atoms in total. The summed E-state index contributed by atoms with van der Waals surface area (Å²) in [6.45, 7) is 3.04. The molecule has 23 heavy (non-hydrogen) atoms. The second-order valence-corrected chi connectivity index (χ2v) is 9.33. The number of hydrogen-bond donors (Lipinski definition) is 0. The number of fused-ring (bicyclic) bond motifs is 1. The van der Waals surface area contributed by atoms with E-state index in [-0.39, 0.29) is 5.88 Å². The summed E-state index contributed by atoms with van der Waals surface area (Å²) in [6, 6.07) is 15.6. The zero-order valence-electron chi connectivity index (χ0n) is 14.0. The first-order chi connectivity index (χ1) is 11.0. The molecule has 0 saturated carbocycles. The summed E-state index contributed by atoms with van der Waals surface area (Å²) >= 11 is 0. The summed E-state index contributed by atoms with van der Waals surface area (Å²) in [7, 11) is -0.407. The van der Waals surface area contributed by atoms with Gasteiger partial charge in [0.05, 0.1) is 4.90 Å². The van der Waals surface area contributed by atoms with Crippen molar-refractivity contribution in [2.75, 3.05) is 19.5 Å². The molecule has 0 fully saturated rings. The molecular formula is C18H25NO2SSi. The molecule has 0 N–H and O–H groups in total. The van der Waals surface area contributed by atoms with E-state index in [1.165, 1.54) is 18.5 Å². The molecule has 0 atom stereocenters. The van der Waals surface area contributed by atoms with E-state index in [1.807, 2.05) is 48.3 Å². The third-order valence-corrected chi connectivity index (χ3v) is 7.16. The highest BCUT2D eigenvalue weighted by atomic mass is 32.2. The first-order valence-electron chi connectivity index (χ1n) is 8.14. The van der Waals surface area contributed by atoms with Crippen molar-refractivity contribution in [3.8, 4) is 0 Å². The molecule has 0 amide bonds. The Morgan fingerprint density at radius 1 is 1.04 bits per heavy atom. The molecule has 0 aliphatic heterocycles. The maximum atomic E-state index is 12.8. The van der Waals surface area contributed by atoms with Crippen LogP contribution < -0.4 is 0 Å². The second-order valence-electron chi connectivity index (χ2n) is 5.90. The minimum Gasteiger partial charge on any atom is -0.293 e. The van der Waals surface area contributed by atoms with Crippen LogP contribution in [0.1, 0.15) is 19.8 Å². The standard InChI is InChI=1S/C18H25NO2SSi/c1-3-13-23-14-7-12-19(2)15-22(20,21)18-11-6-9-16-8-4-5-10-17(16)18/h4-6,8-11H,3,7,12-15H2,1-2H3. The number of hydrogen-bond acceptors (Lipinski definition) is 3. The molecule has 0 heterocycles. The minimum atomic E-state index is -3.31. The molecule has 0 unspecified atom stereocenters. The van der Waals surface area contributed by atoms with Crippen LogP contribution >= 0.6 is 0 Å². The lowest BCUT2D eigenvalue weighted by molar-refractivity contribution is 0.381. The van der Waals surface area contributed by atoms with Gasteiger partial charge >= 0.3 is 0 Å². The van der Waals surface area contributed by atoms with Crippen molar-refractivity contribution in [1.29, 1.82) is 0 Å². The lowest BCUT2D eigenvalue weighted by Gasteiger charge is -2.17. The predicted molar refractivity (Wildman–Crippen MR) is 98.9 cm³/mol. The molecule has 124 valence electrons. The molecule has 0 aliphatic rings. The van der Waals surface area contributed by atoms with Crippen LogP contribution in [0, 0.1) is 0 Å². The van der Waals surface area contributed by atoms with E-state index in [0.29, 0.717) is 4.90 Å². The molecule has 5 heteroatoms. The van der Waals surface area contributed by atoms with Crippen molar-refractivity contribution in [3.05, 3.63) is 42.5 Å². The smallest absolute Gasteiger partial charge is 0.192 e. The maximum Gasteiger partial charge on any atom is 0.192 e. The molecule has 2 radical (unpaired) electrons. The van der Waals surface area contributed by atoms with Crippen LogP contribution in [-0.4, -0.2) is 42.3 Å². The van der Waals surface area contributed by atoms with Crippen LogP contribution in [0.3, 0.4) is 0 Å². The van der Waals surface area contributed by atoms with Gasteiger partial charge in [-0.3, -0.25) is 4.90 Å². The fourth-order valence-electron chi connectivity index (χ4n) is 2.67. The number of benzene rings is 2. The van der Waals surface area contributed by atoms with Gasteiger partial charge in [0.2, 0.25) is 0 Å². The summed E-state index contributed by atoms with van der Waals surface area (Å²) in [4.78, 5) is 2.36. The largest absolute Gasteiger partial charge is 0.293 e. The average molecular weight is 348 g/mol. The molecule has 2 aromatic rings. The highest BCUT2D eigenvalue weighted by molar-refractivity contribution is 7.91. The third-order valence-electron chi connectivity index (χ3n) is 3.80. The van der Waals surface area contributed by atoms with Crippen molar-refractivity contribution >= 4 is 30.1 Å². The van der Waals surface area contributed by atoms with Crippen LogP contribution in [0.15, 0.2) is 47.4 Å². The first-order valence-corrected chi connectivity index (χ1v) is 11.2. The van der Waals surface area contributed by atoms with Gasteiger partial charge < -0.3 is 0 Å². The van der Waals surface area contributed by atoms with Crippen molar-refractivity contribution in [2.45, 2.75) is 36.7 Å². The molecule has 0 saturated heterocycles. The van der Waals surface area contributed by atoms with Crippen LogP contribution in [0.5, 0.6) is 0 Å². The summed E-state index contributed by atoms with van der Waals surface area (Å²) in [5.41, 5.74) is 0. The summed E-state index contributed by atoms with van der Waals surface area (Å²) in [5, 5.41) is 1.78. The maximum absolute atomic E-state index is 12.8. The zero-order valence-corrected chi connectivity index (χ0v) is 15.8. The fourth-order valence-corrected chi connectivity index (χ4v) is 5.33. The van der Waals surface area contributed by atoms with Crippen molar-refractivity contribution in [1.82, 2.24) is 4.90 Å². The minimum absolute atomic E-state index is 0.0812. The Morgan fingerprint density at radius 2 is 1.78 bits per heavy atom. The van der Waals surface area contributed by atoms with Gasteiger partial charge in [0.1, 0.15) is 5.88 Å². The van der Waals surface area contributed by atoms with E-state index in [1.54, 1.807) is 6.07 Å². The number of nitrogens with zero attached hydrogens (tertiary/aromatic N) is 1. The van der Waals surface area contributed by atoms with Gasteiger partial charge in [0.15, 0.2) is 9.84 Å². The third kappa shape index (κ3) is 5.16. The zero-order chi connectivity index (χ0) is 16.7. The van der Waals surface area contributed by atoms with Crippen molar-refractivity contribution in [2.24, 2.45) is 0 Å². The lowest BCUT2D eigenvalue weighted by Crippen LogP contribution is -2.27. The highest BCUT2D eigenvalue weighted by Gasteiger charge is 2.19. The molecule has 2 rings (SSSR count). The van der Waals surface area contributed by atoms with E-state index in [9.17, 15) is 8.42 Å². The van der Waals surface area contributed by atoms with E-state index in [0.717, 1.165) is 33.3 Å². The molecule has 0 spiro atoms. The van der Waals surface area contributed by atoms with Crippen LogP contribution in [0.2, 0.25) is 12.1 Å². The van der Waals surface area contributed by atoms with E-state index < -0.39 is 9.84 Å². The van der Waals surface area contributed by atoms with Crippen molar-refractivity contribution in [3.63, 3.8) is 0 Å². The van der Waals surface area contributed by atoms with E-state index >= 15 is 0 Å². The van der Waals surface area contributed by atoms with E-state index in [2.05, 4.69) is 6.92 Å². The average Bonchev–Trinajstić information content (AvgIpc) is 2.53. The van der Waals surface area contributed by atoms with Crippen molar-refractivity contribution < 1.29 is 8.42 Å². The van der Waals surface area contributed by atoms with E-state index in [4.69, 9.17) is 0 Å². The normalized spacial score (nSPS) is 12.1. The van der Waals surface area contributed by atoms with Gasteiger partial charge in [-0.05, 0) is 31.5 Å². The Bertz CT molecular complexity index is 725. The Kier molecular flexibility index (Phi) is 6.81. The fraction of sp³-hybridized carbons (Fsp3) is 0.444. The molecule has 2 aromatic carbocycles. The molecule has 0 aliphatic carbocycles. The highest BCUT2D eigenvalue weighted by Crippen LogP contribution is 2.24. The van der Waals surface area contributed by atoms with Crippen LogP contribution in [-0.2, 0) is 9.84 Å². The van der Waals surface area contributed by atoms with Gasteiger partial charge in [-0.1, -0.05) is 61.8 Å². The molecular weight excluding hydrogens is 322 g/mol. The van der Waals surface area contributed by atoms with Gasteiger partial charge in [0, 0.05) is 14.9 Å². The number of sulfone groups is 1. The second kappa shape index (κ2) is 8.62. The van der Waals surface area contributed by atoms with Gasteiger partial charge in [-0.25, -0.2) is 8.42 Å². The summed E-state index contributed by atoms with van der Waals surface area (Å²) in [5.74, 6) is 0.0812. The Hall–Kier alpha value is -1.17. The van der Waals surface area contributed by atoms with Crippen LogP contribution in [0.25, 0.3) is 10.8 Å². The van der Waals surface area contributed by atoms with Gasteiger partial charge in [-0.15, -0.1) is 0 Å². The SMILES string of the molecule is CCC[Si]CCCN(C)CS(=O)(=O)c1cccc2ccccc12. The summed E-state index contributed by atoms with van der Waals surface area (Å²) in [6.07, 6.45) is 2.31.